The van der Waals surface area contributed by atoms with Crippen molar-refractivity contribution in [2.75, 3.05) is 36.5 Å². The second-order valence-electron chi connectivity index (χ2n) is 6.40. The number of anilines is 3. The molecular weight excluding hydrogens is 368 g/mol. The number of benzene rings is 2. The van der Waals surface area contributed by atoms with Crippen LogP contribution in [0.5, 0.6) is 0 Å². The number of nitrogens with zero attached hydrogens (tertiary/aromatic N) is 2. The van der Waals surface area contributed by atoms with E-state index in [1.165, 1.54) is 24.3 Å². The molecule has 2 heterocycles. The van der Waals surface area contributed by atoms with E-state index in [9.17, 15) is 18.7 Å². The number of carboxylic acid groups (broad SMARTS) is 1. The molecule has 0 saturated carbocycles. The summed E-state index contributed by atoms with van der Waals surface area (Å²) in [6, 6.07) is 7.69. The van der Waals surface area contributed by atoms with Crippen LogP contribution in [0, 0.1) is 11.6 Å². The molecule has 1 aliphatic heterocycles. The van der Waals surface area contributed by atoms with Crippen LogP contribution < -0.4 is 10.2 Å². The minimum Gasteiger partial charge on any atom is -0.478 e. The largest absolute Gasteiger partial charge is 0.478 e. The summed E-state index contributed by atoms with van der Waals surface area (Å²) in [7, 11) is 0. The number of carboxylic acids is 1. The lowest BCUT2D eigenvalue weighted by atomic mass is 10.1. The fourth-order valence-electron chi connectivity index (χ4n) is 3.27. The number of hydrogen-bond donors (Lipinski definition) is 2. The summed E-state index contributed by atoms with van der Waals surface area (Å²) in [5, 5.41) is 13.0. The Morgan fingerprint density at radius 2 is 1.82 bits per heavy atom. The number of carbonyl (C=O) groups is 1. The molecule has 28 heavy (non-hydrogen) atoms. The monoisotopic (exact) mass is 385 g/mol. The van der Waals surface area contributed by atoms with Crippen molar-refractivity contribution in [3.8, 4) is 0 Å². The third kappa shape index (κ3) is 3.46. The number of fused-ring (bicyclic) bond motifs is 1. The van der Waals surface area contributed by atoms with Gasteiger partial charge < -0.3 is 20.1 Å². The predicted molar refractivity (Wildman–Crippen MR) is 101 cm³/mol. The van der Waals surface area contributed by atoms with Gasteiger partial charge in [0.05, 0.1) is 47.6 Å². The highest BCUT2D eigenvalue weighted by Gasteiger charge is 2.20. The number of pyridine rings is 1. The van der Waals surface area contributed by atoms with E-state index in [-0.39, 0.29) is 11.3 Å². The van der Waals surface area contributed by atoms with Gasteiger partial charge in [-0.2, -0.15) is 0 Å². The van der Waals surface area contributed by atoms with Crippen LogP contribution in [0.2, 0.25) is 0 Å². The van der Waals surface area contributed by atoms with E-state index in [1.807, 2.05) is 4.90 Å². The van der Waals surface area contributed by atoms with Gasteiger partial charge in [-0.25, -0.2) is 13.6 Å². The Hall–Kier alpha value is -3.26. The summed E-state index contributed by atoms with van der Waals surface area (Å²) >= 11 is 0. The summed E-state index contributed by atoms with van der Waals surface area (Å²) in [5.74, 6) is -2.35. The topological polar surface area (TPSA) is 74.7 Å². The van der Waals surface area contributed by atoms with Crippen LogP contribution in [0.3, 0.4) is 0 Å². The zero-order valence-electron chi connectivity index (χ0n) is 14.8. The van der Waals surface area contributed by atoms with Gasteiger partial charge in [0.15, 0.2) is 0 Å². The van der Waals surface area contributed by atoms with E-state index in [1.54, 1.807) is 12.3 Å². The molecule has 0 amide bonds. The van der Waals surface area contributed by atoms with Gasteiger partial charge in [-0.1, -0.05) is 0 Å². The molecule has 1 aliphatic rings. The Balaban J connectivity index is 1.88. The number of rotatable bonds is 4. The van der Waals surface area contributed by atoms with Crippen LogP contribution in [-0.2, 0) is 4.74 Å². The highest BCUT2D eigenvalue weighted by atomic mass is 19.1. The van der Waals surface area contributed by atoms with Crippen LogP contribution >= 0.6 is 0 Å². The molecule has 1 aromatic heterocycles. The quantitative estimate of drug-likeness (QED) is 0.712. The first-order valence-corrected chi connectivity index (χ1v) is 8.74. The van der Waals surface area contributed by atoms with Crippen molar-refractivity contribution in [3.63, 3.8) is 0 Å². The normalized spacial score (nSPS) is 14.3. The third-order valence-corrected chi connectivity index (χ3v) is 4.63. The first-order chi connectivity index (χ1) is 13.5. The maximum atomic E-state index is 14.0. The minimum atomic E-state index is -1.26. The van der Waals surface area contributed by atoms with E-state index in [2.05, 4.69) is 10.3 Å². The number of morpholine rings is 1. The second-order valence-corrected chi connectivity index (χ2v) is 6.40. The first-order valence-electron chi connectivity index (χ1n) is 8.74. The van der Waals surface area contributed by atoms with Crippen LogP contribution in [0.25, 0.3) is 10.9 Å². The summed E-state index contributed by atoms with van der Waals surface area (Å²) in [4.78, 5) is 18.0. The minimum absolute atomic E-state index is 0.208. The molecule has 0 bridgehead atoms. The van der Waals surface area contributed by atoms with Crippen molar-refractivity contribution >= 4 is 33.9 Å². The Morgan fingerprint density at radius 1 is 1.11 bits per heavy atom. The average Bonchev–Trinajstić information content (AvgIpc) is 2.70. The lowest BCUT2D eigenvalue weighted by molar-refractivity contribution is 0.0697. The molecule has 1 fully saturated rings. The van der Waals surface area contributed by atoms with Crippen LogP contribution in [0.1, 0.15) is 10.4 Å². The first kappa shape index (κ1) is 18.1. The van der Waals surface area contributed by atoms with Gasteiger partial charge in [0.25, 0.3) is 0 Å². The van der Waals surface area contributed by atoms with Gasteiger partial charge >= 0.3 is 5.97 Å². The molecule has 0 unspecified atom stereocenters. The predicted octanol–water partition coefficient (Wildman–Crippen LogP) is 3.79. The van der Waals surface area contributed by atoms with E-state index in [0.717, 1.165) is 6.07 Å². The number of halogens is 2. The Kier molecular flexibility index (Phi) is 4.79. The van der Waals surface area contributed by atoms with Gasteiger partial charge in [0, 0.05) is 18.5 Å². The van der Waals surface area contributed by atoms with Crippen molar-refractivity contribution in [1.29, 1.82) is 0 Å². The second kappa shape index (κ2) is 7.40. The molecule has 6 nitrogen and oxygen atoms in total. The van der Waals surface area contributed by atoms with Crippen LogP contribution in [-0.4, -0.2) is 42.4 Å². The molecule has 3 aromatic rings. The number of ether oxygens (including phenoxy) is 1. The lowest BCUT2D eigenvalue weighted by Crippen LogP contribution is -2.36. The number of aromatic carboxylic acids is 1. The fraction of sp³-hybridized carbons (Fsp3) is 0.200. The van der Waals surface area contributed by atoms with Crippen LogP contribution in [0.15, 0.2) is 42.6 Å². The zero-order valence-corrected chi connectivity index (χ0v) is 14.8. The third-order valence-electron chi connectivity index (χ3n) is 4.63. The molecule has 144 valence electrons. The highest BCUT2D eigenvalue weighted by molar-refractivity contribution is 6.02. The van der Waals surface area contributed by atoms with Gasteiger partial charge in [0.2, 0.25) is 0 Å². The van der Waals surface area contributed by atoms with E-state index < -0.39 is 17.6 Å². The highest BCUT2D eigenvalue weighted by Crippen LogP contribution is 2.36. The molecule has 1 saturated heterocycles. The lowest BCUT2D eigenvalue weighted by Gasteiger charge is -2.31. The fourth-order valence-corrected chi connectivity index (χ4v) is 3.27. The number of hydrogen-bond acceptors (Lipinski definition) is 5. The van der Waals surface area contributed by atoms with Crippen molar-refractivity contribution < 1.29 is 23.4 Å². The van der Waals surface area contributed by atoms with Crippen LogP contribution in [0.4, 0.5) is 25.8 Å². The van der Waals surface area contributed by atoms with Gasteiger partial charge in [0.1, 0.15) is 11.6 Å². The average molecular weight is 385 g/mol. The Morgan fingerprint density at radius 3 is 2.57 bits per heavy atom. The van der Waals surface area contributed by atoms with E-state index in [0.29, 0.717) is 48.6 Å². The van der Waals surface area contributed by atoms with Gasteiger partial charge in [-0.15, -0.1) is 0 Å². The van der Waals surface area contributed by atoms with E-state index in [4.69, 9.17) is 4.74 Å². The van der Waals surface area contributed by atoms with Crippen molar-refractivity contribution in [3.05, 3.63) is 59.8 Å². The zero-order chi connectivity index (χ0) is 19.7. The standard InChI is InChI=1S/C20H17F2N3O3/c21-12-1-3-16-14(9-12)19(18(11-23-16)25-5-7-28-8-6-25)24-17-4-2-13(22)10-15(17)20(26)27/h1-4,9-11H,5-8H2,(H,23,24)(H,26,27). The molecular formula is C20H17F2N3O3. The maximum Gasteiger partial charge on any atom is 0.337 e. The van der Waals surface area contributed by atoms with Crippen molar-refractivity contribution in [1.82, 2.24) is 4.98 Å². The Bertz CT molecular complexity index is 1050. The molecule has 2 aromatic carbocycles. The van der Waals surface area contributed by atoms with E-state index >= 15 is 0 Å². The maximum absolute atomic E-state index is 14.0. The van der Waals surface area contributed by atoms with Gasteiger partial charge in [-0.3, -0.25) is 4.98 Å². The summed E-state index contributed by atoms with van der Waals surface area (Å²) in [6.45, 7) is 2.31. The molecule has 8 heteroatoms. The summed E-state index contributed by atoms with van der Waals surface area (Å²) < 4.78 is 32.9. The smallest absolute Gasteiger partial charge is 0.337 e. The number of nitrogens with one attached hydrogen (secondary N) is 1. The van der Waals surface area contributed by atoms with Gasteiger partial charge in [-0.05, 0) is 36.4 Å². The molecule has 0 spiro atoms. The molecule has 0 atom stereocenters. The SMILES string of the molecule is O=C(O)c1cc(F)ccc1Nc1c(N2CCOCC2)cnc2ccc(F)cc12. The molecule has 2 N–H and O–H groups in total. The molecule has 4 rings (SSSR count). The molecule has 0 aliphatic carbocycles. The Labute approximate surface area is 159 Å². The summed E-state index contributed by atoms with van der Waals surface area (Å²) in [6.07, 6.45) is 1.66. The van der Waals surface area contributed by atoms with Crippen molar-refractivity contribution in [2.24, 2.45) is 0 Å². The molecule has 0 radical (unpaired) electrons. The van der Waals surface area contributed by atoms with Crippen molar-refractivity contribution in [2.45, 2.75) is 0 Å². The summed E-state index contributed by atoms with van der Waals surface area (Å²) in [5.41, 5.74) is 1.76. The number of aromatic nitrogens is 1.